The number of ether oxygens (including phenoxy) is 3. The maximum absolute atomic E-state index is 9.46. The highest BCUT2D eigenvalue weighted by atomic mass is 16.7. The molecular formula is C26H20N6O3. The van der Waals surface area contributed by atoms with Gasteiger partial charge < -0.3 is 18.8 Å². The Balaban J connectivity index is 1.68. The van der Waals surface area contributed by atoms with Gasteiger partial charge in [-0.15, -0.1) is 4.99 Å². The van der Waals surface area contributed by atoms with Crippen LogP contribution in [0.1, 0.15) is 5.69 Å². The van der Waals surface area contributed by atoms with E-state index in [1.165, 1.54) is 0 Å². The quantitative estimate of drug-likeness (QED) is 0.374. The molecule has 35 heavy (non-hydrogen) atoms. The molecule has 0 saturated carbocycles. The van der Waals surface area contributed by atoms with Crippen LogP contribution in [0.25, 0.3) is 38.8 Å². The largest absolute Gasteiger partial charge is 0.481 e. The number of aromatic nitrogens is 4. The van der Waals surface area contributed by atoms with Gasteiger partial charge in [-0.1, -0.05) is 12.1 Å². The van der Waals surface area contributed by atoms with Crippen molar-refractivity contribution >= 4 is 21.9 Å². The highest BCUT2D eigenvalue weighted by Crippen LogP contribution is 2.37. The van der Waals surface area contributed by atoms with E-state index in [9.17, 15) is 5.26 Å². The van der Waals surface area contributed by atoms with Crippen molar-refractivity contribution in [2.75, 3.05) is 13.9 Å². The molecule has 1 aliphatic rings. The lowest BCUT2D eigenvalue weighted by Crippen LogP contribution is -2.23. The van der Waals surface area contributed by atoms with E-state index in [0.29, 0.717) is 11.5 Å². The Kier molecular flexibility index (Phi) is 4.67. The number of benzene rings is 2. The molecule has 9 nitrogen and oxygen atoms in total. The minimum absolute atomic E-state index is 0.228. The van der Waals surface area contributed by atoms with Crippen molar-refractivity contribution < 1.29 is 14.2 Å². The Morgan fingerprint density at radius 3 is 2.66 bits per heavy atom. The smallest absolute Gasteiger partial charge is 0.231 e. The van der Waals surface area contributed by atoms with Gasteiger partial charge in [-0.3, -0.25) is 9.55 Å². The zero-order valence-corrected chi connectivity index (χ0v) is 19.3. The van der Waals surface area contributed by atoms with Crippen LogP contribution in [0, 0.1) is 18.4 Å². The first-order chi connectivity index (χ1) is 17.1. The minimum atomic E-state index is 0.228. The van der Waals surface area contributed by atoms with Crippen LogP contribution in [0.2, 0.25) is 0 Å². The monoisotopic (exact) mass is 464 g/mol. The average molecular weight is 464 g/mol. The molecule has 6 rings (SSSR count). The Labute approximate surface area is 200 Å². The number of rotatable bonds is 3. The lowest BCUT2D eigenvalue weighted by atomic mass is 10.0. The molecule has 0 unspecified atom stereocenters. The number of nitriles is 1. The number of nitrogens with zero attached hydrogens (tertiary/aromatic N) is 6. The van der Waals surface area contributed by atoms with Gasteiger partial charge in [0.15, 0.2) is 11.5 Å². The summed E-state index contributed by atoms with van der Waals surface area (Å²) >= 11 is 0. The summed E-state index contributed by atoms with van der Waals surface area (Å²) in [4.78, 5) is 13.4. The van der Waals surface area contributed by atoms with Gasteiger partial charge in [-0.2, -0.15) is 5.26 Å². The van der Waals surface area contributed by atoms with Crippen molar-refractivity contribution in [2.24, 2.45) is 12.0 Å². The Bertz CT molecular complexity index is 1760. The second-order valence-electron chi connectivity index (χ2n) is 8.16. The molecule has 172 valence electrons. The number of pyridine rings is 2. The molecule has 0 atom stereocenters. The van der Waals surface area contributed by atoms with E-state index >= 15 is 0 Å². The third kappa shape index (κ3) is 3.19. The van der Waals surface area contributed by atoms with Crippen molar-refractivity contribution in [3.63, 3.8) is 0 Å². The maximum Gasteiger partial charge on any atom is 0.231 e. The highest BCUT2D eigenvalue weighted by molar-refractivity contribution is 6.04. The fourth-order valence-corrected chi connectivity index (χ4v) is 4.54. The molecule has 0 saturated heterocycles. The summed E-state index contributed by atoms with van der Waals surface area (Å²) in [6, 6.07) is 15.7. The van der Waals surface area contributed by atoms with E-state index in [0.717, 1.165) is 55.9 Å². The molecule has 5 aromatic rings. The van der Waals surface area contributed by atoms with Gasteiger partial charge >= 0.3 is 0 Å². The molecule has 3 aromatic heterocycles. The molecule has 4 heterocycles. The first-order valence-corrected chi connectivity index (χ1v) is 10.9. The third-order valence-corrected chi connectivity index (χ3v) is 6.24. The van der Waals surface area contributed by atoms with E-state index in [1.54, 1.807) is 19.4 Å². The van der Waals surface area contributed by atoms with Crippen LogP contribution in [0.3, 0.4) is 0 Å². The number of aryl methyl sites for hydroxylation is 2. The number of imidazole rings is 1. The lowest BCUT2D eigenvalue weighted by molar-refractivity contribution is 0.174. The molecule has 2 aromatic carbocycles. The van der Waals surface area contributed by atoms with Gasteiger partial charge in [0.05, 0.1) is 41.2 Å². The van der Waals surface area contributed by atoms with Gasteiger partial charge in [0.2, 0.25) is 24.5 Å². The zero-order valence-electron chi connectivity index (χ0n) is 19.3. The highest BCUT2D eigenvalue weighted by Gasteiger charge is 2.19. The topological polar surface area (TPSA) is 99.5 Å². The summed E-state index contributed by atoms with van der Waals surface area (Å²) in [5.41, 5.74) is 6.56. The predicted octanol–water partition coefficient (Wildman–Crippen LogP) is 4.01. The van der Waals surface area contributed by atoms with Gasteiger partial charge in [0.1, 0.15) is 0 Å². The second-order valence-corrected chi connectivity index (χ2v) is 8.16. The van der Waals surface area contributed by atoms with Crippen molar-refractivity contribution in [1.29, 1.82) is 5.26 Å². The summed E-state index contributed by atoms with van der Waals surface area (Å²) in [5, 5.41) is 10.4. The minimum Gasteiger partial charge on any atom is -0.481 e. The lowest BCUT2D eigenvalue weighted by Gasteiger charge is -2.11. The standard InChI is InChI=1S/C26H20N6O3/c1-15-20(7-9-24(30-15)33-3)32-25-18-10-16(17-5-8-22-23(11-17)35-14-34-22)4-6-19(18)28-12-21(25)31(2)26(32)29-13-27/h4-12H,14H2,1-3H3/b29-26-. The molecular weight excluding hydrogens is 444 g/mol. The Morgan fingerprint density at radius 1 is 1.06 bits per heavy atom. The van der Waals surface area contributed by atoms with Crippen LogP contribution in [0.15, 0.2) is 59.7 Å². The van der Waals surface area contributed by atoms with Gasteiger partial charge in [0.25, 0.3) is 0 Å². The van der Waals surface area contributed by atoms with Crippen molar-refractivity contribution in [3.8, 4) is 40.4 Å². The second kappa shape index (κ2) is 7.88. The van der Waals surface area contributed by atoms with Crippen molar-refractivity contribution in [2.45, 2.75) is 6.92 Å². The summed E-state index contributed by atoms with van der Waals surface area (Å²) in [7, 11) is 3.45. The normalized spacial score (nSPS) is 12.9. The fraction of sp³-hybridized carbons (Fsp3) is 0.154. The van der Waals surface area contributed by atoms with Gasteiger partial charge in [0, 0.05) is 18.5 Å². The van der Waals surface area contributed by atoms with E-state index in [4.69, 9.17) is 14.2 Å². The van der Waals surface area contributed by atoms with Crippen LogP contribution in [0.4, 0.5) is 0 Å². The average Bonchev–Trinajstić information content (AvgIpc) is 3.46. The first kappa shape index (κ1) is 20.7. The summed E-state index contributed by atoms with van der Waals surface area (Å²) in [6.07, 6.45) is 3.74. The van der Waals surface area contributed by atoms with E-state index < -0.39 is 0 Å². The molecule has 0 radical (unpaired) electrons. The van der Waals surface area contributed by atoms with E-state index in [-0.39, 0.29) is 6.79 Å². The number of methoxy groups -OCH3 is 1. The summed E-state index contributed by atoms with van der Waals surface area (Å²) in [6.45, 7) is 2.13. The third-order valence-electron chi connectivity index (χ3n) is 6.24. The van der Waals surface area contributed by atoms with Gasteiger partial charge in [-0.25, -0.2) is 4.98 Å². The van der Waals surface area contributed by atoms with Crippen LogP contribution in [0.5, 0.6) is 17.4 Å². The van der Waals surface area contributed by atoms with Gasteiger partial charge in [-0.05, 0) is 48.4 Å². The molecule has 0 fully saturated rings. The number of hydrogen-bond donors (Lipinski definition) is 0. The molecule has 0 amide bonds. The fourth-order valence-electron chi connectivity index (χ4n) is 4.54. The van der Waals surface area contributed by atoms with Crippen molar-refractivity contribution in [1.82, 2.24) is 19.1 Å². The van der Waals surface area contributed by atoms with Crippen molar-refractivity contribution in [3.05, 3.63) is 66.0 Å². The maximum atomic E-state index is 9.46. The molecule has 0 aliphatic carbocycles. The Morgan fingerprint density at radius 2 is 1.86 bits per heavy atom. The molecule has 0 bridgehead atoms. The van der Waals surface area contributed by atoms with Crippen LogP contribution >= 0.6 is 0 Å². The zero-order chi connectivity index (χ0) is 24.1. The molecule has 9 heteroatoms. The number of hydrogen-bond acceptors (Lipinski definition) is 7. The van der Waals surface area contributed by atoms with E-state index in [1.807, 2.05) is 65.7 Å². The van der Waals surface area contributed by atoms with E-state index in [2.05, 4.69) is 21.0 Å². The SMILES string of the molecule is COc1ccc(-n2/c(=N\C#N)n(C)c3cnc4ccc(-c5ccc6c(c5)OCO6)cc4c32)c(C)n1. The van der Waals surface area contributed by atoms with Crippen LogP contribution in [-0.4, -0.2) is 33.0 Å². The van der Waals surface area contributed by atoms with Crippen LogP contribution < -0.4 is 19.8 Å². The molecule has 0 N–H and O–H groups in total. The predicted molar refractivity (Wildman–Crippen MR) is 129 cm³/mol. The Hall–Kier alpha value is -4.84. The summed E-state index contributed by atoms with van der Waals surface area (Å²) in [5.74, 6) is 1.98. The summed E-state index contributed by atoms with van der Waals surface area (Å²) < 4.78 is 20.1. The molecule has 1 aliphatic heterocycles. The van der Waals surface area contributed by atoms with Crippen LogP contribution in [-0.2, 0) is 7.05 Å². The number of fused-ring (bicyclic) bond motifs is 4. The first-order valence-electron chi connectivity index (χ1n) is 10.9. The molecule has 0 spiro atoms.